The van der Waals surface area contributed by atoms with Crippen LogP contribution >= 0.6 is 15.9 Å². The van der Waals surface area contributed by atoms with E-state index < -0.39 is 0 Å². The van der Waals surface area contributed by atoms with Gasteiger partial charge in [-0.3, -0.25) is 4.79 Å². The molecule has 1 N–H and O–H groups in total. The van der Waals surface area contributed by atoms with Gasteiger partial charge >= 0.3 is 0 Å². The lowest BCUT2D eigenvalue weighted by Gasteiger charge is -2.27. The summed E-state index contributed by atoms with van der Waals surface area (Å²) in [6.45, 7) is 4.63. The van der Waals surface area contributed by atoms with E-state index in [1.54, 1.807) is 6.07 Å². The van der Waals surface area contributed by atoms with Crippen molar-refractivity contribution in [2.24, 2.45) is 0 Å². The first-order chi connectivity index (χ1) is 12.5. The Balaban J connectivity index is 1.62. The number of benzene rings is 1. The number of pyridine rings is 1. The Morgan fingerprint density at radius 3 is 3.00 bits per heavy atom. The van der Waals surface area contributed by atoms with Crippen molar-refractivity contribution in [1.82, 2.24) is 15.5 Å². The fraction of sp³-hybridized carbons (Fsp3) is 0.316. The highest BCUT2D eigenvalue weighted by Gasteiger charge is 2.24. The van der Waals surface area contributed by atoms with E-state index >= 15 is 0 Å². The maximum atomic E-state index is 12.8. The van der Waals surface area contributed by atoms with Crippen molar-refractivity contribution in [3.05, 3.63) is 51.8 Å². The molecule has 1 atom stereocenters. The molecule has 1 aliphatic heterocycles. The summed E-state index contributed by atoms with van der Waals surface area (Å²) in [6.07, 6.45) is 2.24. The van der Waals surface area contributed by atoms with Crippen molar-refractivity contribution >= 4 is 32.9 Å². The first-order valence-corrected chi connectivity index (χ1v) is 9.30. The summed E-state index contributed by atoms with van der Waals surface area (Å²) in [5.41, 5.74) is 2.72. The van der Waals surface area contributed by atoms with E-state index in [2.05, 4.69) is 31.4 Å². The molecule has 26 heavy (non-hydrogen) atoms. The fourth-order valence-electron chi connectivity index (χ4n) is 3.15. The lowest BCUT2D eigenvalue weighted by atomic mass is 10.00. The number of hydrogen-bond donors (Lipinski definition) is 1. The van der Waals surface area contributed by atoms with E-state index in [1.807, 2.05) is 32.0 Å². The first kappa shape index (κ1) is 17.0. The Morgan fingerprint density at radius 1 is 1.35 bits per heavy atom. The maximum absolute atomic E-state index is 12.8. The third-order valence-corrected chi connectivity index (χ3v) is 4.98. The van der Waals surface area contributed by atoms with Crippen LogP contribution in [0.3, 0.4) is 0 Å². The van der Waals surface area contributed by atoms with Gasteiger partial charge in [-0.25, -0.2) is 4.98 Å². The number of nitrogens with zero attached hydrogens (tertiary/aromatic N) is 2. The predicted octanol–water partition coefficient (Wildman–Crippen LogP) is 4.36. The minimum atomic E-state index is -0.173. The Hall–Kier alpha value is -2.41. The van der Waals surface area contributed by atoms with E-state index in [9.17, 15) is 4.79 Å². The van der Waals surface area contributed by atoms with Crippen LogP contribution < -0.4 is 10.1 Å². The lowest BCUT2D eigenvalue weighted by Crippen LogP contribution is -2.32. The van der Waals surface area contributed by atoms with Crippen LogP contribution in [-0.2, 0) is 0 Å². The van der Waals surface area contributed by atoms with Gasteiger partial charge in [-0.05, 0) is 30.2 Å². The molecule has 4 rings (SSSR count). The van der Waals surface area contributed by atoms with Crippen molar-refractivity contribution in [1.29, 1.82) is 0 Å². The molecular formula is C19H18BrN3O3. The summed E-state index contributed by atoms with van der Waals surface area (Å²) in [6, 6.07) is 7.52. The number of amides is 1. The van der Waals surface area contributed by atoms with Crippen LogP contribution in [0.25, 0.3) is 11.1 Å². The molecule has 2 aromatic heterocycles. The molecule has 1 aliphatic rings. The van der Waals surface area contributed by atoms with Crippen LogP contribution in [0.4, 0.5) is 0 Å². The standard InChI is InChI=1S/C19H18BrN3O3/c1-10(2)17-14-7-11(9-21-19(14)26-23-17)18(24)22-15-5-6-25-16-4-3-12(20)8-13(15)16/h3-4,7-10,15H,5-6H2,1-2H3,(H,22,24). The molecule has 0 radical (unpaired) electrons. The number of hydrogen-bond acceptors (Lipinski definition) is 5. The zero-order valence-corrected chi connectivity index (χ0v) is 16.0. The topological polar surface area (TPSA) is 77.2 Å². The SMILES string of the molecule is CC(C)c1noc2ncc(C(=O)NC3CCOc4ccc(Br)cc43)cc12. The van der Waals surface area contributed by atoms with Crippen molar-refractivity contribution in [3.8, 4) is 5.75 Å². The van der Waals surface area contributed by atoms with Gasteiger partial charge in [-0.15, -0.1) is 0 Å². The molecule has 0 bridgehead atoms. The van der Waals surface area contributed by atoms with Crippen LogP contribution in [0.2, 0.25) is 0 Å². The summed E-state index contributed by atoms with van der Waals surface area (Å²) in [4.78, 5) is 17.0. The zero-order valence-electron chi connectivity index (χ0n) is 14.5. The number of nitrogens with one attached hydrogen (secondary N) is 1. The van der Waals surface area contributed by atoms with Crippen molar-refractivity contribution < 1.29 is 14.1 Å². The molecule has 0 saturated heterocycles. The minimum Gasteiger partial charge on any atom is -0.493 e. The van der Waals surface area contributed by atoms with Crippen molar-refractivity contribution in [3.63, 3.8) is 0 Å². The highest BCUT2D eigenvalue weighted by molar-refractivity contribution is 9.10. The van der Waals surface area contributed by atoms with Crippen molar-refractivity contribution in [2.45, 2.75) is 32.2 Å². The molecule has 1 aromatic carbocycles. The Morgan fingerprint density at radius 2 is 2.19 bits per heavy atom. The van der Waals surface area contributed by atoms with Gasteiger partial charge in [0.15, 0.2) is 0 Å². The summed E-state index contributed by atoms with van der Waals surface area (Å²) in [5.74, 6) is 0.823. The smallest absolute Gasteiger partial charge is 0.257 e. The van der Waals surface area contributed by atoms with E-state index in [0.29, 0.717) is 17.9 Å². The molecule has 3 aromatic rings. The first-order valence-electron chi connectivity index (χ1n) is 8.51. The molecule has 3 heterocycles. The van der Waals surface area contributed by atoms with Gasteiger partial charge in [-0.1, -0.05) is 34.9 Å². The molecular weight excluding hydrogens is 398 g/mol. The third kappa shape index (κ3) is 3.07. The largest absolute Gasteiger partial charge is 0.493 e. The number of carbonyl (C=O) groups is 1. The average molecular weight is 416 g/mol. The Kier molecular flexibility index (Phi) is 4.40. The summed E-state index contributed by atoms with van der Waals surface area (Å²) in [7, 11) is 0. The number of rotatable bonds is 3. The molecule has 6 nitrogen and oxygen atoms in total. The van der Waals surface area contributed by atoms with Gasteiger partial charge in [0.25, 0.3) is 11.6 Å². The normalized spacial score (nSPS) is 16.4. The van der Waals surface area contributed by atoms with Gasteiger partial charge < -0.3 is 14.6 Å². The van der Waals surface area contributed by atoms with Crippen LogP contribution in [-0.4, -0.2) is 22.7 Å². The van der Waals surface area contributed by atoms with E-state index in [1.165, 1.54) is 6.20 Å². The number of ether oxygens (including phenoxy) is 1. The van der Waals surface area contributed by atoms with Crippen LogP contribution in [0.15, 0.2) is 39.5 Å². The summed E-state index contributed by atoms with van der Waals surface area (Å²) in [5, 5.41) is 7.93. The van der Waals surface area contributed by atoms with Gasteiger partial charge in [0.05, 0.1) is 29.3 Å². The highest BCUT2D eigenvalue weighted by atomic mass is 79.9. The van der Waals surface area contributed by atoms with Crippen LogP contribution in [0.5, 0.6) is 5.75 Å². The predicted molar refractivity (Wildman–Crippen MR) is 100 cm³/mol. The lowest BCUT2D eigenvalue weighted by molar-refractivity contribution is 0.0924. The number of fused-ring (bicyclic) bond motifs is 2. The zero-order chi connectivity index (χ0) is 18.3. The summed E-state index contributed by atoms with van der Waals surface area (Å²) >= 11 is 3.48. The summed E-state index contributed by atoms with van der Waals surface area (Å²) < 4.78 is 11.9. The number of halogens is 1. The molecule has 1 unspecified atom stereocenters. The van der Waals surface area contributed by atoms with Gasteiger partial charge in [0.2, 0.25) is 0 Å². The molecule has 7 heteroatoms. The second-order valence-corrected chi connectivity index (χ2v) is 7.56. The van der Waals surface area contributed by atoms with Gasteiger partial charge in [0.1, 0.15) is 5.75 Å². The Bertz CT molecular complexity index is 983. The highest BCUT2D eigenvalue weighted by Crippen LogP contribution is 2.34. The molecule has 0 saturated carbocycles. The van der Waals surface area contributed by atoms with Gasteiger partial charge in [0, 0.05) is 22.7 Å². The molecule has 0 spiro atoms. The molecule has 0 aliphatic carbocycles. The molecule has 134 valence electrons. The average Bonchev–Trinajstić information content (AvgIpc) is 3.05. The van der Waals surface area contributed by atoms with Crippen LogP contribution in [0, 0.1) is 0 Å². The quantitative estimate of drug-likeness (QED) is 0.687. The van der Waals surface area contributed by atoms with E-state index in [4.69, 9.17) is 9.26 Å². The maximum Gasteiger partial charge on any atom is 0.257 e. The molecule has 0 fully saturated rings. The number of aromatic nitrogens is 2. The van der Waals surface area contributed by atoms with E-state index in [-0.39, 0.29) is 17.9 Å². The van der Waals surface area contributed by atoms with E-state index in [0.717, 1.165) is 33.3 Å². The third-order valence-electron chi connectivity index (χ3n) is 4.48. The minimum absolute atomic E-state index is 0.105. The second-order valence-electron chi connectivity index (χ2n) is 6.64. The Labute approximate surface area is 159 Å². The van der Waals surface area contributed by atoms with Gasteiger partial charge in [-0.2, -0.15) is 0 Å². The second kappa shape index (κ2) is 6.72. The number of carbonyl (C=O) groups excluding carboxylic acids is 1. The van der Waals surface area contributed by atoms with Crippen LogP contribution in [0.1, 0.15) is 53.8 Å². The van der Waals surface area contributed by atoms with Crippen molar-refractivity contribution in [2.75, 3.05) is 6.61 Å². The molecule has 1 amide bonds. The fourth-order valence-corrected chi connectivity index (χ4v) is 3.53. The monoisotopic (exact) mass is 415 g/mol.